The zero-order valence-electron chi connectivity index (χ0n) is 26.4. The van der Waals surface area contributed by atoms with E-state index in [0.717, 1.165) is 24.6 Å². The SMILES string of the molecule is CC(C)[C@@H](C)/C=C/[C@@H](C)[C@@H]1CC[C@@H]2C3=CC=C4C[C@H](OC(=O)c5cc([N+](=O)[O-])cc([N+](=O)[O-])c5)CC[C@@]4(C)[C@H]3CC[C@@]21C. The van der Waals surface area contributed by atoms with Gasteiger partial charge in [0.05, 0.1) is 21.5 Å². The number of esters is 1. The van der Waals surface area contributed by atoms with Crippen molar-refractivity contribution < 1.29 is 19.4 Å². The van der Waals surface area contributed by atoms with Crippen molar-refractivity contribution in [2.45, 2.75) is 92.6 Å². The molecule has 8 nitrogen and oxygen atoms in total. The summed E-state index contributed by atoms with van der Waals surface area (Å²) in [6, 6.07) is 2.95. The summed E-state index contributed by atoms with van der Waals surface area (Å²) < 4.78 is 5.80. The summed E-state index contributed by atoms with van der Waals surface area (Å²) in [6.45, 7) is 14.2. The van der Waals surface area contributed by atoms with Gasteiger partial charge in [0.1, 0.15) is 6.10 Å². The molecule has 0 spiro atoms. The Morgan fingerprint density at radius 2 is 1.58 bits per heavy atom. The van der Waals surface area contributed by atoms with Crippen LogP contribution in [0.15, 0.2) is 53.6 Å². The molecule has 1 aromatic carbocycles. The van der Waals surface area contributed by atoms with Crippen LogP contribution in [-0.2, 0) is 4.74 Å². The van der Waals surface area contributed by atoms with Gasteiger partial charge in [0.15, 0.2) is 0 Å². The number of carbonyl (C=O) groups is 1. The molecule has 0 aromatic heterocycles. The van der Waals surface area contributed by atoms with Crippen molar-refractivity contribution in [3.05, 3.63) is 79.4 Å². The number of nitro groups is 2. The van der Waals surface area contributed by atoms with Gasteiger partial charge in [-0.2, -0.15) is 0 Å². The van der Waals surface area contributed by atoms with Crippen molar-refractivity contribution in [3.63, 3.8) is 0 Å². The minimum absolute atomic E-state index is 0.0228. The summed E-state index contributed by atoms with van der Waals surface area (Å²) in [7, 11) is 0. The molecule has 0 bridgehead atoms. The first-order valence-corrected chi connectivity index (χ1v) is 16.0. The third-order valence-corrected chi connectivity index (χ3v) is 11.8. The number of benzene rings is 1. The van der Waals surface area contributed by atoms with Crippen LogP contribution in [0.3, 0.4) is 0 Å². The van der Waals surface area contributed by atoms with Gasteiger partial charge in [-0.1, -0.05) is 77.0 Å². The summed E-state index contributed by atoms with van der Waals surface area (Å²) in [6.07, 6.45) is 16.3. The van der Waals surface area contributed by atoms with Crippen molar-refractivity contribution >= 4 is 17.3 Å². The van der Waals surface area contributed by atoms with Gasteiger partial charge in [-0.15, -0.1) is 0 Å². The van der Waals surface area contributed by atoms with Gasteiger partial charge in [0, 0.05) is 18.6 Å². The summed E-state index contributed by atoms with van der Waals surface area (Å²) in [5, 5.41) is 22.6. The number of nitro benzene ring substituents is 2. The molecule has 232 valence electrons. The number of ether oxygens (including phenoxy) is 1. The van der Waals surface area contributed by atoms with Crippen LogP contribution in [0.1, 0.15) is 96.8 Å². The normalized spacial score (nSPS) is 33.1. The molecule has 4 aliphatic rings. The van der Waals surface area contributed by atoms with E-state index in [1.54, 1.807) is 5.57 Å². The Kier molecular flexibility index (Phi) is 8.45. The highest BCUT2D eigenvalue weighted by Crippen LogP contribution is 2.66. The van der Waals surface area contributed by atoms with Gasteiger partial charge in [0.2, 0.25) is 0 Å². The van der Waals surface area contributed by atoms with Crippen molar-refractivity contribution in [1.82, 2.24) is 0 Å². The summed E-state index contributed by atoms with van der Waals surface area (Å²) in [5.74, 6) is 2.83. The largest absolute Gasteiger partial charge is 0.458 e. The van der Waals surface area contributed by atoms with Crippen LogP contribution in [0.2, 0.25) is 0 Å². The van der Waals surface area contributed by atoms with E-state index in [4.69, 9.17) is 4.74 Å². The molecule has 4 aliphatic carbocycles. The number of hydrogen-bond donors (Lipinski definition) is 0. The molecule has 8 heteroatoms. The van der Waals surface area contributed by atoms with E-state index in [2.05, 4.69) is 65.8 Å². The smallest absolute Gasteiger partial charge is 0.338 e. The lowest BCUT2D eigenvalue weighted by Gasteiger charge is -2.55. The molecule has 8 atom stereocenters. The van der Waals surface area contributed by atoms with Gasteiger partial charge < -0.3 is 4.74 Å². The van der Waals surface area contributed by atoms with Crippen molar-refractivity contribution in [1.29, 1.82) is 0 Å². The van der Waals surface area contributed by atoms with E-state index in [1.807, 2.05) is 0 Å². The number of hydrogen-bond acceptors (Lipinski definition) is 6. The predicted octanol–water partition coefficient (Wildman–Crippen LogP) is 9.01. The minimum Gasteiger partial charge on any atom is -0.458 e. The number of fused-ring (bicyclic) bond motifs is 5. The second-order valence-corrected chi connectivity index (χ2v) is 14.5. The number of carbonyl (C=O) groups excluding carboxylic acids is 1. The third kappa shape index (κ3) is 5.69. The van der Waals surface area contributed by atoms with Crippen LogP contribution in [0, 0.1) is 66.6 Å². The average molecular weight is 591 g/mol. The molecule has 3 fully saturated rings. The molecule has 3 saturated carbocycles. The highest BCUT2D eigenvalue weighted by atomic mass is 16.6. The lowest BCUT2D eigenvalue weighted by Crippen LogP contribution is -2.46. The molecule has 1 aromatic rings. The molecule has 0 saturated heterocycles. The Labute approximate surface area is 255 Å². The van der Waals surface area contributed by atoms with Gasteiger partial charge in [-0.3, -0.25) is 20.2 Å². The maximum atomic E-state index is 13.0. The first-order chi connectivity index (χ1) is 20.2. The van der Waals surface area contributed by atoms with E-state index in [1.165, 1.54) is 31.3 Å². The highest BCUT2D eigenvalue weighted by Gasteiger charge is 2.57. The summed E-state index contributed by atoms with van der Waals surface area (Å²) >= 11 is 0. The van der Waals surface area contributed by atoms with Crippen LogP contribution in [0.25, 0.3) is 0 Å². The second kappa shape index (κ2) is 11.7. The zero-order chi connectivity index (χ0) is 31.3. The Balaban J connectivity index is 1.31. The van der Waals surface area contributed by atoms with E-state index in [0.29, 0.717) is 53.8 Å². The van der Waals surface area contributed by atoms with Gasteiger partial charge in [0.25, 0.3) is 11.4 Å². The van der Waals surface area contributed by atoms with Crippen LogP contribution in [0.5, 0.6) is 0 Å². The first-order valence-electron chi connectivity index (χ1n) is 16.0. The molecular weight excluding hydrogens is 544 g/mol. The van der Waals surface area contributed by atoms with Gasteiger partial charge in [-0.05, 0) is 84.9 Å². The summed E-state index contributed by atoms with van der Waals surface area (Å²) in [5.41, 5.74) is 2.08. The summed E-state index contributed by atoms with van der Waals surface area (Å²) in [4.78, 5) is 34.1. The molecule has 5 rings (SSSR count). The zero-order valence-corrected chi connectivity index (χ0v) is 26.4. The number of rotatable bonds is 8. The maximum Gasteiger partial charge on any atom is 0.338 e. The quantitative estimate of drug-likeness (QED) is 0.129. The molecular formula is C35H46N2O6. The minimum atomic E-state index is -0.760. The molecule has 0 unspecified atom stereocenters. The van der Waals surface area contributed by atoms with Gasteiger partial charge in [-0.25, -0.2) is 4.79 Å². The molecule has 0 radical (unpaired) electrons. The molecule has 0 amide bonds. The number of nitrogens with zero attached hydrogens (tertiary/aromatic N) is 2. The van der Waals surface area contributed by atoms with E-state index < -0.39 is 27.2 Å². The van der Waals surface area contributed by atoms with Crippen LogP contribution < -0.4 is 0 Å². The standard InChI is InChI=1S/C35H46N2O6/c1-21(2)22(3)7-8-23(4)30-11-12-31-29-10-9-25-19-28(13-15-34(25,5)32(29)14-16-35(30,31)6)43-33(38)24-17-26(36(39)40)20-27(18-24)37(41)42/h7-10,17-18,20-23,28,30-32H,11-16,19H2,1-6H3/b8-7+/t22-,23+,28+,30-,31+,32-,34+,35+/m0/s1. The van der Waals surface area contributed by atoms with Crippen LogP contribution in [0.4, 0.5) is 11.4 Å². The fourth-order valence-electron chi connectivity index (χ4n) is 8.82. The number of non-ortho nitro benzene ring substituents is 2. The van der Waals surface area contributed by atoms with E-state index >= 15 is 0 Å². The maximum absolute atomic E-state index is 13.0. The monoisotopic (exact) mass is 590 g/mol. The Morgan fingerprint density at radius 1 is 0.907 bits per heavy atom. The predicted molar refractivity (Wildman–Crippen MR) is 166 cm³/mol. The van der Waals surface area contributed by atoms with Gasteiger partial charge >= 0.3 is 5.97 Å². The van der Waals surface area contributed by atoms with Crippen molar-refractivity contribution in [2.75, 3.05) is 0 Å². The Bertz CT molecular complexity index is 1360. The Morgan fingerprint density at radius 3 is 2.21 bits per heavy atom. The van der Waals surface area contributed by atoms with Crippen LogP contribution >= 0.6 is 0 Å². The molecule has 43 heavy (non-hydrogen) atoms. The fraction of sp³-hybridized carbons (Fsp3) is 0.629. The first kappa shape index (κ1) is 31.1. The molecule has 0 N–H and O–H groups in total. The van der Waals surface area contributed by atoms with Crippen molar-refractivity contribution in [2.24, 2.45) is 46.3 Å². The lowest BCUT2D eigenvalue weighted by molar-refractivity contribution is -0.394. The molecule has 0 aliphatic heterocycles. The average Bonchev–Trinajstić information content (AvgIpc) is 3.32. The Hall–Kier alpha value is -3.29. The topological polar surface area (TPSA) is 113 Å². The van der Waals surface area contributed by atoms with E-state index in [9.17, 15) is 25.0 Å². The highest BCUT2D eigenvalue weighted by molar-refractivity contribution is 5.91. The third-order valence-electron chi connectivity index (χ3n) is 11.8. The van der Waals surface area contributed by atoms with E-state index in [-0.39, 0.29) is 17.1 Å². The number of allylic oxidation sites excluding steroid dienone is 5. The fourth-order valence-corrected chi connectivity index (χ4v) is 8.82. The molecule has 0 heterocycles. The lowest BCUT2D eigenvalue weighted by atomic mass is 9.50. The van der Waals surface area contributed by atoms with Crippen LogP contribution in [-0.4, -0.2) is 21.9 Å². The second-order valence-electron chi connectivity index (χ2n) is 14.5. The van der Waals surface area contributed by atoms with Crippen molar-refractivity contribution in [3.8, 4) is 0 Å².